The summed E-state index contributed by atoms with van der Waals surface area (Å²) in [6.45, 7) is 4.21. The Kier molecular flexibility index (Phi) is 43.9. The highest BCUT2D eigenvalue weighted by Crippen LogP contribution is 2.43. The smallest absolute Gasteiger partial charge is 0.462 e. The summed E-state index contributed by atoms with van der Waals surface area (Å²) in [7, 11) is 1.45. The lowest BCUT2D eigenvalue weighted by atomic mass is 10.1. The van der Waals surface area contributed by atoms with Crippen molar-refractivity contribution in [1.29, 1.82) is 0 Å². The first-order valence-electron chi connectivity index (χ1n) is 25.5. The van der Waals surface area contributed by atoms with Crippen molar-refractivity contribution in [2.24, 2.45) is 0 Å². The van der Waals surface area contributed by atoms with Gasteiger partial charge >= 0.3 is 19.8 Å². The molecule has 0 spiro atoms. The number of hydrogen-bond acceptors (Lipinski definition) is 7. The van der Waals surface area contributed by atoms with Crippen molar-refractivity contribution in [1.82, 2.24) is 0 Å². The van der Waals surface area contributed by atoms with Crippen molar-refractivity contribution in [3.05, 3.63) is 97.2 Å². The van der Waals surface area contributed by atoms with Gasteiger partial charge in [-0.2, -0.15) is 0 Å². The van der Waals surface area contributed by atoms with E-state index < -0.39 is 26.5 Å². The molecule has 0 aliphatic heterocycles. The second-order valence-corrected chi connectivity index (χ2v) is 19.3. The Morgan fingerprint density at radius 2 is 0.877 bits per heavy atom. The lowest BCUT2D eigenvalue weighted by Crippen LogP contribution is -2.37. The molecule has 1 N–H and O–H groups in total. The monoisotopic (exact) mass is 929 g/mol. The number of esters is 2. The van der Waals surface area contributed by atoms with Gasteiger partial charge in [0.2, 0.25) is 0 Å². The van der Waals surface area contributed by atoms with E-state index in [0.29, 0.717) is 17.4 Å². The van der Waals surface area contributed by atoms with Gasteiger partial charge in [0.25, 0.3) is 0 Å². The second kappa shape index (κ2) is 46.1. The molecule has 0 aromatic heterocycles. The third kappa shape index (κ3) is 50.2. The van der Waals surface area contributed by atoms with E-state index >= 15 is 0 Å². The summed E-state index contributed by atoms with van der Waals surface area (Å²) in [5, 5.41) is 0. The van der Waals surface area contributed by atoms with Crippen molar-refractivity contribution in [3.63, 3.8) is 0 Å². The Morgan fingerprint density at radius 1 is 0.492 bits per heavy atom. The van der Waals surface area contributed by atoms with Crippen LogP contribution in [-0.2, 0) is 32.7 Å². The van der Waals surface area contributed by atoms with Gasteiger partial charge in [-0.15, -0.1) is 0 Å². The largest absolute Gasteiger partial charge is 0.472 e. The molecule has 2 unspecified atom stereocenters. The normalized spacial score (nSPS) is 14.2. The number of unbranched alkanes of at least 4 members (excludes halogenated alkanes) is 15. The fraction of sp³-hybridized carbons (Fsp3) is 0.673. The number of nitrogens with zero attached hydrogens (tertiary/aromatic N) is 1. The molecular formula is C55H95NO8P+. The number of phosphoric acid groups is 1. The number of ether oxygens (including phenoxy) is 2. The van der Waals surface area contributed by atoms with Crippen molar-refractivity contribution < 1.29 is 42.1 Å². The number of likely N-dealkylation sites (N-methyl/N-ethyl adjacent to an activating group) is 1. The Bertz CT molecular complexity index is 1420. The van der Waals surface area contributed by atoms with E-state index in [4.69, 9.17) is 18.5 Å². The summed E-state index contributed by atoms with van der Waals surface area (Å²) >= 11 is 0. The van der Waals surface area contributed by atoms with Crippen LogP contribution in [0.2, 0.25) is 0 Å². The fourth-order valence-electron chi connectivity index (χ4n) is 6.41. The molecule has 0 aliphatic carbocycles. The molecule has 0 aromatic rings. The molecule has 0 bridgehead atoms. The fourth-order valence-corrected chi connectivity index (χ4v) is 7.15. The third-order valence-corrected chi connectivity index (χ3v) is 11.3. The van der Waals surface area contributed by atoms with Gasteiger partial charge in [-0.25, -0.2) is 4.57 Å². The van der Waals surface area contributed by atoms with Gasteiger partial charge in [0.05, 0.1) is 27.7 Å². The van der Waals surface area contributed by atoms with Crippen LogP contribution in [0.5, 0.6) is 0 Å². The van der Waals surface area contributed by atoms with Gasteiger partial charge in [-0.05, 0) is 89.9 Å². The molecule has 372 valence electrons. The summed E-state index contributed by atoms with van der Waals surface area (Å²) in [5.41, 5.74) is 0. The minimum absolute atomic E-state index is 0.0245. The van der Waals surface area contributed by atoms with Gasteiger partial charge in [0.1, 0.15) is 19.8 Å². The molecule has 65 heavy (non-hydrogen) atoms. The number of carbonyl (C=O) groups excluding carboxylic acids is 2. The summed E-state index contributed by atoms with van der Waals surface area (Å²) in [4.78, 5) is 35.4. The van der Waals surface area contributed by atoms with Gasteiger partial charge in [-0.1, -0.05) is 182 Å². The molecule has 0 aliphatic rings. The zero-order valence-corrected chi connectivity index (χ0v) is 42.8. The lowest BCUT2D eigenvalue weighted by Gasteiger charge is -2.24. The average Bonchev–Trinajstić information content (AvgIpc) is 3.26. The molecule has 0 amide bonds. The van der Waals surface area contributed by atoms with E-state index in [1.807, 2.05) is 21.1 Å². The van der Waals surface area contributed by atoms with Crippen LogP contribution >= 0.6 is 7.82 Å². The molecule has 0 rings (SSSR count). The van der Waals surface area contributed by atoms with Gasteiger partial charge in [0.15, 0.2) is 6.10 Å². The SMILES string of the molecule is CC/C=C\C/C=C\C/C=C\C/C=C\C/C=C\C/C=C\C/C=C\CCCCCCCCCCCC(=O)OC(COC(=O)CCCCCCC/C=C\CCC)COP(=O)(O)OCC[N+](C)(C)C. The molecule has 0 saturated heterocycles. The second-order valence-electron chi connectivity index (χ2n) is 17.8. The number of carbonyl (C=O) groups is 2. The summed E-state index contributed by atoms with van der Waals surface area (Å²) in [6.07, 6.45) is 61.9. The number of hydrogen-bond donors (Lipinski definition) is 1. The van der Waals surface area contributed by atoms with E-state index in [2.05, 4.69) is 111 Å². The molecule has 0 fully saturated rings. The van der Waals surface area contributed by atoms with Crippen LogP contribution in [0.1, 0.15) is 187 Å². The average molecular weight is 929 g/mol. The number of phosphoric ester groups is 1. The topological polar surface area (TPSA) is 108 Å². The van der Waals surface area contributed by atoms with Crippen LogP contribution in [0.3, 0.4) is 0 Å². The highest BCUT2D eigenvalue weighted by atomic mass is 31.2. The molecular weight excluding hydrogens is 834 g/mol. The molecule has 2 atom stereocenters. The van der Waals surface area contributed by atoms with Crippen LogP contribution in [0.25, 0.3) is 0 Å². The van der Waals surface area contributed by atoms with Gasteiger partial charge in [0, 0.05) is 12.8 Å². The van der Waals surface area contributed by atoms with Crippen molar-refractivity contribution >= 4 is 19.8 Å². The minimum atomic E-state index is -4.38. The van der Waals surface area contributed by atoms with Crippen LogP contribution in [0, 0.1) is 0 Å². The number of rotatable bonds is 45. The molecule has 0 radical (unpaired) electrons. The first kappa shape index (κ1) is 61.9. The Morgan fingerprint density at radius 3 is 1.32 bits per heavy atom. The van der Waals surface area contributed by atoms with Crippen LogP contribution in [0.4, 0.5) is 0 Å². The maximum absolute atomic E-state index is 12.7. The van der Waals surface area contributed by atoms with Crippen molar-refractivity contribution in [2.45, 2.75) is 193 Å². The molecule has 0 heterocycles. The van der Waals surface area contributed by atoms with Crippen molar-refractivity contribution in [3.8, 4) is 0 Å². The minimum Gasteiger partial charge on any atom is -0.462 e. The quantitative estimate of drug-likeness (QED) is 0.0211. The maximum atomic E-state index is 12.7. The van der Waals surface area contributed by atoms with E-state index in [-0.39, 0.29) is 32.0 Å². The Hall–Kier alpha value is -3.07. The standard InChI is InChI=1S/C55H94NO8P/c1-6-8-10-12-14-16-18-19-20-21-22-23-24-25-26-27-28-29-30-31-32-33-34-35-36-37-38-40-42-44-46-48-55(58)64-53(52-63-65(59,60)62-50-49-56(3,4)5)51-61-54(57)47-45-43-41-39-17-15-13-11-9-7-2/h8,10-11,13-14,16,19-20,22-23,25-26,28-29,31-32,53H,6-7,9,12,15,17-18,21,24,27,30,33-52H2,1-5H3/p+1/b10-8-,13-11-,16-14-,20-19-,23-22-,26-25-,29-28-,32-31-. The van der Waals surface area contributed by atoms with Gasteiger partial charge in [-0.3, -0.25) is 18.6 Å². The summed E-state index contributed by atoms with van der Waals surface area (Å²) < 4.78 is 34.3. The van der Waals surface area contributed by atoms with E-state index in [9.17, 15) is 19.0 Å². The Labute approximate surface area is 398 Å². The Balaban J connectivity index is 4.16. The predicted octanol–water partition coefficient (Wildman–Crippen LogP) is 15.3. The maximum Gasteiger partial charge on any atom is 0.472 e. The number of quaternary nitrogens is 1. The van der Waals surface area contributed by atoms with Crippen LogP contribution < -0.4 is 0 Å². The molecule has 9 nitrogen and oxygen atoms in total. The molecule has 10 heteroatoms. The zero-order chi connectivity index (χ0) is 47.8. The van der Waals surface area contributed by atoms with Crippen LogP contribution in [0.15, 0.2) is 97.2 Å². The molecule has 0 saturated carbocycles. The zero-order valence-electron chi connectivity index (χ0n) is 41.9. The summed E-state index contributed by atoms with van der Waals surface area (Å²) in [5.74, 6) is -0.825. The molecule has 0 aromatic carbocycles. The van der Waals surface area contributed by atoms with E-state index in [0.717, 1.165) is 116 Å². The van der Waals surface area contributed by atoms with Gasteiger partial charge < -0.3 is 18.9 Å². The first-order valence-corrected chi connectivity index (χ1v) is 27.0. The first-order chi connectivity index (χ1) is 31.5. The highest BCUT2D eigenvalue weighted by molar-refractivity contribution is 7.47. The lowest BCUT2D eigenvalue weighted by molar-refractivity contribution is -0.870. The predicted molar refractivity (Wildman–Crippen MR) is 275 cm³/mol. The van der Waals surface area contributed by atoms with Crippen molar-refractivity contribution in [2.75, 3.05) is 47.5 Å². The van der Waals surface area contributed by atoms with Crippen LogP contribution in [-0.4, -0.2) is 74.9 Å². The summed E-state index contributed by atoms with van der Waals surface area (Å²) in [6, 6.07) is 0. The van der Waals surface area contributed by atoms with E-state index in [1.165, 1.54) is 38.5 Å². The highest BCUT2D eigenvalue weighted by Gasteiger charge is 2.27. The number of allylic oxidation sites excluding steroid dienone is 16. The van der Waals surface area contributed by atoms with E-state index in [1.54, 1.807) is 0 Å². The third-order valence-electron chi connectivity index (χ3n) is 10.3.